The summed E-state index contributed by atoms with van der Waals surface area (Å²) >= 11 is 3.49. The molecule has 0 bridgehead atoms. The summed E-state index contributed by atoms with van der Waals surface area (Å²) < 4.78 is 6.54. The van der Waals surface area contributed by atoms with Gasteiger partial charge in [-0.05, 0) is 41.9 Å². The predicted molar refractivity (Wildman–Crippen MR) is 126 cm³/mol. The quantitative estimate of drug-likeness (QED) is 0.584. The molecule has 6 heteroatoms. The fraction of sp³-hybridized carbons (Fsp3) is 0.615. The molecule has 32 heavy (non-hydrogen) atoms. The average Bonchev–Trinajstić information content (AvgIpc) is 2.62. The van der Waals surface area contributed by atoms with E-state index in [-0.39, 0.29) is 29.0 Å². The second-order valence-corrected chi connectivity index (χ2v) is 11.8. The number of rotatable bonds is 5. The average molecular weight is 505 g/mol. The number of hydrogen-bond acceptors (Lipinski definition) is 5. The monoisotopic (exact) mass is 504 g/mol. The van der Waals surface area contributed by atoms with Crippen molar-refractivity contribution in [3.63, 3.8) is 0 Å². The van der Waals surface area contributed by atoms with Crippen molar-refractivity contribution in [3.05, 3.63) is 28.2 Å². The maximum absolute atomic E-state index is 13.4. The summed E-state index contributed by atoms with van der Waals surface area (Å²) in [7, 11) is 0. The molecule has 0 saturated heterocycles. The highest BCUT2D eigenvalue weighted by molar-refractivity contribution is 9.10. The van der Waals surface area contributed by atoms with E-state index in [2.05, 4.69) is 21.9 Å². The van der Waals surface area contributed by atoms with E-state index in [4.69, 9.17) is 11.2 Å². The first kappa shape index (κ1) is 25.0. The number of hydrogen-bond donors (Lipinski definition) is 2. The third kappa shape index (κ3) is 5.27. The van der Waals surface area contributed by atoms with E-state index in [0.29, 0.717) is 37.0 Å². The van der Waals surface area contributed by atoms with Crippen LogP contribution in [0.25, 0.3) is 0 Å². The standard InChI is InChI=1S/C26H33BrO5/c1-6-9-32-21-8-7-15(27)10-16(21)22(23-17(28)11-25(2,3)12-18(23)29)24-19(30)13-26(4,5)14-20(24)31/h1,7-8,10,17,19,22-24,28,30H,9,11-14H2,2-5H3/t17-,19-,22?,23-,24+/m0/s1. The predicted octanol–water partition coefficient (Wildman–Crippen LogP) is 4.28. The minimum absolute atomic E-state index is 0.0315. The van der Waals surface area contributed by atoms with E-state index in [9.17, 15) is 19.8 Å². The van der Waals surface area contributed by atoms with Crippen molar-refractivity contribution in [1.82, 2.24) is 0 Å². The van der Waals surface area contributed by atoms with Crippen molar-refractivity contribution in [1.29, 1.82) is 0 Å². The Morgan fingerprint density at radius 2 is 1.56 bits per heavy atom. The number of ketones is 2. The Morgan fingerprint density at radius 3 is 2.00 bits per heavy atom. The van der Waals surface area contributed by atoms with Crippen LogP contribution in [-0.2, 0) is 9.59 Å². The summed E-state index contributed by atoms with van der Waals surface area (Å²) in [6, 6.07) is 5.36. The number of aliphatic hydroxyl groups is 2. The fourth-order valence-corrected chi connectivity index (χ4v) is 6.04. The molecule has 2 N–H and O–H groups in total. The lowest BCUT2D eigenvalue weighted by Crippen LogP contribution is -2.51. The molecule has 5 atom stereocenters. The highest BCUT2D eigenvalue weighted by Gasteiger charge is 2.52. The molecule has 0 aliphatic heterocycles. The topological polar surface area (TPSA) is 83.8 Å². The third-order valence-corrected chi connectivity index (χ3v) is 7.31. The first-order valence-electron chi connectivity index (χ1n) is 11.1. The summed E-state index contributed by atoms with van der Waals surface area (Å²) in [5.74, 6) is 0.397. The number of benzene rings is 1. The molecule has 2 saturated carbocycles. The Hall–Kier alpha value is -1.68. The number of halogens is 1. The molecule has 2 aliphatic carbocycles. The van der Waals surface area contributed by atoms with Gasteiger partial charge < -0.3 is 14.9 Å². The molecular weight excluding hydrogens is 472 g/mol. The van der Waals surface area contributed by atoms with Gasteiger partial charge in [0, 0.05) is 28.8 Å². The summed E-state index contributed by atoms with van der Waals surface area (Å²) in [5.41, 5.74) is -0.0345. The number of ether oxygens (including phenoxy) is 1. The molecular formula is C26H33BrO5. The van der Waals surface area contributed by atoms with Gasteiger partial charge in [0.15, 0.2) is 0 Å². The van der Waals surface area contributed by atoms with Crippen LogP contribution in [0, 0.1) is 35.0 Å². The molecule has 3 rings (SSSR count). The van der Waals surface area contributed by atoms with Crippen molar-refractivity contribution in [2.75, 3.05) is 6.61 Å². The Morgan fingerprint density at radius 1 is 1.06 bits per heavy atom. The number of aliphatic hydroxyl groups excluding tert-OH is 2. The number of Topliss-reactive ketones (excluding diaryl/α,β-unsaturated/α-hetero) is 2. The highest BCUT2D eigenvalue weighted by Crippen LogP contribution is 2.51. The maximum Gasteiger partial charge on any atom is 0.148 e. The lowest BCUT2D eigenvalue weighted by molar-refractivity contribution is -0.144. The van der Waals surface area contributed by atoms with Crippen molar-refractivity contribution in [2.45, 2.75) is 71.5 Å². The first-order valence-corrected chi connectivity index (χ1v) is 11.9. The summed E-state index contributed by atoms with van der Waals surface area (Å²) in [5, 5.41) is 22.3. The molecule has 0 amide bonds. The van der Waals surface area contributed by atoms with Gasteiger partial charge in [0.2, 0.25) is 0 Å². The Labute approximate surface area is 199 Å². The van der Waals surface area contributed by atoms with Gasteiger partial charge in [-0.15, -0.1) is 6.42 Å². The van der Waals surface area contributed by atoms with Crippen molar-refractivity contribution >= 4 is 27.5 Å². The Bertz CT molecular complexity index is 887. The van der Waals surface area contributed by atoms with E-state index in [1.165, 1.54) is 0 Å². The van der Waals surface area contributed by atoms with Crippen LogP contribution in [0.15, 0.2) is 22.7 Å². The number of carbonyl (C=O) groups excluding carboxylic acids is 2. The Balaban J connectivity index is 2.16. The summed E-state index contributed by atoms with van der Waals surface area (Å²) in [4.78, 5) is 26.8. The molecule has 174 valence electrons. The second kappa shape index (κ2) is 9.29. The smallest absolute Gasteiger partial charge is 0.148 e. The molecule has 2 aliphatic rings. The van der Waals surface area contributed by atoms with Gasteiger partial charge in [-0.3, -0.25) is 9.59 Å². The molecule has 5 nitrogen and oxygen atoms in total. The minimum atomic E-state index is -0.925. The summed E-state index contributed by atoms with van der Waals surface area (Å²) in [6.45, 7) is 7.88. The van der Waals surface area contributed by atoms with Gasteiger partial charge >= 0.3 is 0 Å². The molecule has 1 aromatic rings. The van der Waals surface area contributed by atoms with Crippen LogP contribution in [0.2, 0.25) is 0 Å². The van der Waals surface area contributed by atoms with Crippen molar-refractivity contribution in [2.24, 2.45) is 22.7 Å². The molecule has 1 unspecified atom stereocenters. The van der Waals surface area contributed by atoms with Crippen LogP contribution in [0.5, 0.6) is 5.75 Å². The van der Waals surface area contributed by atoms with Gasteiger partial charge in [0.25, 0.3) is 0 Å². The normalized spacial score (nSPS) is 30.4. The first-order chi connectivity index (χ1) is 14.8. The van der Waals surface area contributed by atoms with Crippen molar-refractivity contribution < 1.29 is 24.5 Å². The SMILES string of the molecule is C#CCOc1ccc(Br)cc1C([C@H]1C(=O)CC(C)(C)C[C@@H]1O)[C@@H]1C(=O)CC(C)(C)C[C@@H]1O. The Kier molecular flexibility index (Phi) is 7.24. The number of carbonyl (C=O) groups is 2. The lowest BCUT2D eigenvalue weighted by Gasteiger charge is -2.46. The molecule has 0 aromatic heterocycles. The minimum Gasteiger partial charge on any atom is -0.481 e. The third-order valence-electron chi connectivity index (χ3n) is 6.82. The molecule has 0 spiro atoms. The molecule has 0 heterocycles. The molecule has 1 aromatic carbocycles. The largest absolute Gasteiger partial charge is 0.481 e. The molecule has 0 radical (unpaired) electrons. The van der Waals surface area contributed by atoms with Crippen molar-refractivity contribution in [3.8, 4) is 18.1 Å². The van der Waals surface area contributed by atoms with Gasteiger partial charge in [-0.25, -0.2) is 0 Å². The number of terminal acetylenes is 1. The highest BCUT2D eigenvalue weighted by atomic mass is 79.9. The van der Waals surface area contributed by atoms with E-state index in [0.717, 1.165) is 4.47 Å². The van der Waals surface area contributed by atoms with Crippen LogP contribution in [0.3, 0.4) is 0 Å². The van der Waals surface area contributed by atoms with E-state index < -0.39 is 30.0 Å². The van der Waals surface area contributed by atoms with E-state index in [1.54, 1.807) is 12.1 Å². The van der Waals surface area contributed by atoms with Crippen LogP contribution >= 0.6 is 15.9 Å². The maximum atomic E-state index is 13.4. The zero-order valence-corrected chi connectivity index (χ0v) is 20.8. The van der Waals surface area contributed by atoms with Gasteiger partial charge in [0.1, 0.15) is 23.9 Å². The van der Waals surface area contributed by atoms with E-state index in [1.807, 2.05) is 33.8 Å². The molecule has 2 fully saturated rings. The van der Waals surface area contributed by atoms with Crippen LogP contribution in [0.4, 0.5) is 0 Å². The summed E-state index contributed by atoms with van der Waals surface area (Å²) in [6.07, 6.45) is 5.04. The van der Waals surface area contributed by atoms with E-state index >= 15 is 0 Å². The zero-order chi connectivity index (χ0) is 23.8. The zero-order valence-electron chi connectivity index (χ0n) is 19.2. The van der Waals surface area contributed by atoms with Crippen LogP contribution < -0.4 is 4.74 Å². The van der Waals surface area contributed by atoms with Crippen LogP contribution in [0.1, 0.15) is 64.9 Å². The van der Waals surface area contributed by atoms with Gasteiger partial charge in [-0.1, -0.05) is 49.5 Å². The lowest BCUT2D eigenvalue weighted by atomic mass is 9.58. The van der Waals surface area contributed by atoms with Crippen LogP contribution in [-0.4, -0.2) is 40.6 Å². The van der Waals surface area contributed by atoms with Gasteiger partial charge in [-0.2, -0.15) is 0 Å². The van der Waals surface area contributed by atoms with Gasteiger partial charge in [0.05, 0.1) is 24.0 Å². The second-order valence-electron chi connectivity index (χ2n) is 10.9. The fourth-order valence-electron chi connectivity index (χ4n) is 5.66.